The Morgan fingerprint density at radius 1 is 1.55 bits per heavy atom. The first-order valence-electron chi connectivity index (χ1n) is 7.16. The normalized spacial score (nSPS) is 19.5. The van der Waals surface area contributed by atoms with Gasteiger partial charge in [0.2, 0.25) is 15.8 Å². The lowest BCUT2D eigenvalue weighted by molar-refractivity contribution is 0.0683. The lowest BCUT2D eigenvalue weighted by Crippen LogP contribution is -2.48. The van der Waals surface area contributed by atoms with E-state index in [1.54, 1.807) is 6.92 Å². The molecule has 1 aliphatic heterocycles. The van der Waals surface area contributed by atoms with Crippen LogP contribution in [0.1, 0.15) is 30.3 Å². The second-order valence-electron chi connectivity index (χ2n) is 5.31. The Morgan fingerprint density at radius 2 is 2.27 bits per heavy atom. The van der Waals surface area contributed by atoms with Gasteiger partial charge in [-0.15, -0.1) is 0 Å². The molecule has 1 atom stereocenters. The van der Waals surface area contributed by atoms with Gasteiger partial charge in [0, 0.05) is 27.2 Å². The number of likely N-dealkylation sites (tertiary alicyclic amines) is 1. The Bertz CT molecular complexity index is 625. The monoisotopic (exact) mass is 331 g/mol. The van der Waals surface area contributed by atoms with Gasteiger partial charge in [-0.3, -0.25) is 4.79 Å². The van der Waals surface area contributed by atoms with Gasteiger partial charge in [0.05, 0.1) is 17.9 Å². The van der Waals surface area contributed by atoms with E-state index in [0.717, 1.165) is 0 Å². The summed E-state index contributed by atoms with van der Waals surface area (Å²) in [6, 6.07) is 1.43. The molecule has 2 rings (SSSR count). The van der Waals surface area contributed by atoms with Gasteiger partial charge in [-0.1, -0.05) is 0 Å². The molecule has 0 bridgehead atoms. The Labute approximate surface area is 130 Å². The zero-order valence-electron chi connectivity index (χ0n) is 13.0. The van der Waals surface area contributed by atoms with Crippen LogP contribution in [0.4, 0.5) is 0 Å². The third kappa shape index (κ3) is 3.41. The third-order valence-electron chi connectivity index (χ3n) is 3.59. The number of aromatic nitrogens is 1. The van der Waals surface area contributed by atoms with Crippen molar-refractivity contribution in [2.24, 2.45) is 0 Å². The minimum absolute atomic E-state index is 0.0614. The highest BCUT2D eigenvalue weighted by Crippen LogP contribution is 2.21. The molecule has 0 saturated carbocycles. The maximum absolute atomic E-state index is 12.4. The molecule has 2 heterocycles. The molecule has 0 spiro atoms. The summed E-state index contributed by atoms with van der Waals surface area (Å²) in [5, 5.41) is 3.06. The van der Waals surface area contributed by atoms with Crippen LogP contribution in [-0.4, -0.2) is 67.7 Å². The molecule has 0 radical (unpaired) electrons. The van der Waals surface area contributed by atoms with E-state index in [1.165, 1.54) is 29.4 Å². The van der Waals surface area contributed by atoms with Crippen molar-refractivity contribution in [2.75, 3.05) is 33.8 Å². The van der Waals surface area contributed by atoms with Crippen LogP contribution in [0, 0.1) is 0 Å². The zero-order valence-corrected chi connectivity index (χ0v) is 13.8. The number of amides is 1. The maximum atomic E-state index is 12.4. The van der Waals surface area contributed by atoms with Crippen LogP contribution >= 0.6 is 0 Å². The molecule has 1 saturated heterocycles. The Balaban J connectivity index is 2.10. The first kappa shape index (κ1) is 16.8. The van der Waals surface area contributed by atoms with E-state index in [9.17, 15) is 13.2 Å². The molecule has 9 heteroatoms. The van der Waals surface area contributed by atoms with Crippen molar-refractivity contribution in [3.63, 3.8) is 0 Å². The van der Waals surface area contributed by atoms with Crippen molar-refractivity contribution >= 4 is 15.9 Å². The lowest BCUT2D eigenvalue weighted by Gasteiger charge is -2.33. The molecule has 0 aliphatic carbocycles. The number of hydrogen-bond donors (Lipinski definition) is 0. The molecule has 0 unspecified atom stereocenters. The number of rotatable bonds is 5. The average Bonchev–Trinajstić information content (AvgIpc) is 2.95. The standard InChI is InChI=1S/C13H21N3O5S/c1-4-20-12-8-11(21-14-12)13(17)16-7-5-6-10(9-16)22(18,19)15(2)3/h8,10H,4-7,9H2,1-3H3/t10-/m0/s1. The lowest BCUT2D eigenvalue weighted by atomic mass is 10.1. The highest BCUT2D eigenvalue weighted by atomic mass is 32.2. The van der Waals surface area contributed by atoms with E-state index in [4.69, 9.17) is 9.26 Å². The Morgan fingerprint density at radius 3 is 2.91 bits per heavy atom. The summed E-state index contributed by atoms with van der Waals surface area (Å²) < 4.78 is 35.8. The first-order valence-corrected chi connectivity index (χ1v) is 8.66. The summed E-state index contributed by atoms with van der Waals surface area (Å²) >= 11 is 0. The summed E-state index contributed by atoms with van der Waals surface area (Å²) in [5.74, 6) is -0.0521. The van der Waals surface area contributed by atoms with Crippen molar-refractivity contribution in [2.45, 2.75) is 25.0 Å². The number of hydrogen-bond acceptors (Lipinski definition) is 6. The molecule has 1 aromatic heterocycles. The van der Waals surface area contributed by atoms with Gasteiger partial charge >= 0.3 is 0 Å². The molecule has 1 aliphatic rings. The molecule has 22 heavy (non-hydrogen) atoms. The van der Waals surface area contributed by atoms with E-state index < -0.39 is 15.3 Å². The minimum atomic E-state index is -3.38. The van der Waals surface area contributed by atoms with Gasteiger partial charge in [0.25, 0.3) is 11.8 Å². The number of carbonyl (C=O) groups excluding carboxylic acids is 1. The van der Waals surface area contributed by atoms with E-state index in [0.29, 0.717) is 26.0 Å². The molecular weight excluding hydrogens is 310 g/mol. The Hall–Kier alpha value is -1.61. The molecule has 0 N–H and O–H groups in total. The number of ether oxygens (including phenoxy) is 1. The third-order valence-corrected chi connectivity index (χ3v) is 5.83. The summed E-state index contributed by atoms with van der Waals surface area (Å²) in [6.07, 6.45) is 1.18. The number of piperidine rings is 1. The van der Waals surface area contributed by atoms with Crippen molar-refractivity contribution < 1.29 is 22.5 Å². The predicted molar refractivity (Wildman–Crippen MR) is 79.2 cm³/mol. The van der Waals surface area contributed by atoms with Crippen molar-refractivity contribution in [3.8, 4) is 5.88 Å². The van der Waals surface area contributed by atoms with Gasteiger partial charge in [-0.25, -0.2) is 12.7 Å². The molecule has 124 valence electrons. The minimum Gasteiger partial charge on any atom is -0.476 e. The molecule has 8 nitrogen and oxygen atoms in total. The summed E-state index contributed by atoms with van der Waals surface area (Å²) in [7, 11) is -0.382. The molecule has 1 aromatic rings. The number of sulfonamides is 1. The first-order chi connectivity index (χ1) is 10.4. The van der Waals surface area contributed by atoms with Crippen LogP contribution < -0.4 is 4.74 Å². The second kappa shape index (κ2) is 6.66. The van der Waals surface area contributed by atoms with Gasteiger partial charge in [-0.05, 0) is 24.9 Å². The highest BCUT2D eigenvalue weighted by Gasteiger charge is 2.35. The summed E-state index contributed by atoms with van der Waals surface area (Å²) in [4.78, 5) is 13.9. The topological polar surface area (TPSA) is 93.0 Å². The quantitative estimate of drug-likeness (QED) is 0.783. The van der Waals surface area contributed by atoms with Crippen LogP contribution in [-0.2, 0) is 10.0 Å². The van der Waals surface area contributed by atoms with E-state index in [2.05, 4.69) is 5.16 Å². The highest BCUT2D eigenvalue weighted by molar-refractivity contribution is 7.89. The van der Waals surface area contributed by atoms with Crippen LogP contribution in [0.25, 0.3) is 0 Å². The fourth-order valence-corrected chi connectivity index (χ4v) is 3.82. The fraction of sp³-hybridized carbons (Fsp3) is 0.692. The van der Waals surface area contributed by atoms with E-state index in [1.807, 2.05) is 0 Å². The van der Waals surface area contributed by atoms with Crippen molar-refractivity contribution in [1.82, 2.24) is 14.4 Å². The average molecular weight is 331 g/mol. The predicted octanol–water partition coefficient (Wildman–Crippen LogP) is 0.569. The van der Waals surface area contributed by atoms with Crippen LogP contribution in [0.15, 0.2) is 10.6 Å². The maximum Gasteiger partial charge on any atom is 0.292 e. The number of carbonyl (C=O) groups is 1. The van der Waals surface area contributed by atoms with Crippen LogP contribution in [0.3, 0.4) is 0 Å². The smallest absolute Gasteiger partial charge is 0.292 e. The van der Waals surface area contributed by atoms with Crippen LogP contribution in [0.2, 0.25) is 0 Å². The van der Waals surface area contributed by atoms with Gasteiger partial charge in [0.1, 0.15) is 0 Å². The molecule has 1 amide bonds. The molecule has 1 fully saturated rings. The van der Waals surface area contributed by atoms with E-state index in [-0.39, 0.29) is 24.1 Å². The molecule has 0 aromatic carbocycles. The SMILES string of the molecule is CCOc1cc(C(=O)N2CCC[C@H](S(=O)(=O)N(C)C)C2)on1. The Kier molecular flexibility index (Phi) is 5.07. The summed E-state index contributed by atoms with van der Waals surface area (Å²) in [5.41, 5.74) is 0. The van der Waals surface area contributed by atoms with Crippen molar-refractivity contribution in [3.05, 3.63) is 11.8 Å². The number of nitrogens with zero attached hydrogens (tertiary/aromatic N) is 3. The molecular formula is C13H21N3O5S. The fourth-order valence-electron chi connectivity index (χ4n) is 2.40. The van der Waals surface area contributed by atoms with Gasteiger partial charge in [-0.2, -0.15) is 0 Å². The van der Waals surface area contributed by atoms with E-state index >= 15 is 0 Å². The van der Waals surface area contributed by atoms with Gasteiger partial charge in [0.15, 0.2) is 0 Å². The zero-order chi connectivity index (χ0) is 16.3. The second-order valence-corrected chi connectivity index (χ2v) is 7.73. The van der Waals surface area contributed by atoms with Gasteiger partial charge < -0.3 is 14.2 Å². The van der Waals surface area contributed by atoms with Crippen molar-refractivity contribution in [1.29, 1.82) is 0 Å². The van der Waals surface area contributed by atoms with Crippen LogP contribution in [0.5, 0.6) is 5.88 Å². The summed E-state index contributed by atoms with van der Waals surface area (Å²) in [6.45, 7) is 2.89. The largest absolute Gasteiger partial charge is 0.476 e.